The lowest BCUT2D eigenvalue weighted by molar-refractivity contribution is -0.181. The van der Waals surface area contributed by atoms with Gasteiger partial charge >= 0.3 is 0 Å². The number of pyridine rings is 1. The number of carbonyl (C=O) groups is 1. The third kappa shape index (κ3) is 2.65. The summed E-state index contributed by atoms with van der Waals surface area (Å²) in [5, 5.41) is 0.555. The quantitative estimate of drug-likeness (QED) is 0.807. The minimum Gasteiger partial charge on any atom is -0.347 e. The van der Waals surface area contributed by atoms with Gasteiger partial charge in [-0.05, 0) is 31.2 Å². The number of aromatic nitrogens is 1. The molecular formula is C18H19FN2O3. The lowest BCUT2D eigenvalue weighted by atomic mass is 10.0. The number of ether oxygens (including phenoxy) is 2. The number of benzene rings is 1. The Morgan fingerprint density at radius 2 is 1.92 bits per heavy atom. The molecule has 24 heavy (non-hydrogen) atoms. The highest BCUT2D eigenvalue weighted by Gasteiger charge is 2.41. The molecule has 1 amide bonds. The van der Waals surface area contributed by atoms with Crippen LogP contribution in [0.3, 0.4) is 0 Å². The third-order valence-corrected chi connectivity index (χ3v) is 4.76. The number of piperidine rings is 1. The van der Waals surface area contributed by atoms with Crippen molar-refractivity contribution in [2.45, 2.75) is 25.6 Å². The van der Waals surface area contributed by atoms with Gasteiger partial charge in [0, 0.05) is 37.0 Å². The zero-order valence-electron chi connectivity index (χ0n) is 13.5. The first-order chi connectivity index (χ1) is 11.6. The van der Waals surface area contributed by atoms with Crippen molar-refractivity contribution in [3.05, 3.63) is 41.3 Å². The van der Waals surface area contributed by atoms with Crippen LogP contribution in [0.15, 0.2) is 24.3 Å². The Balaban J connectivity index is 1.63. The largest absolute Gasteiger partial charge is 0.347 e. The molecule has 0 bridgehead atoms. The molecule has 0 unspecified atom stereocenters. The average molecular weight is 330 g/mol. The van der Waals surface area contributed by atoms with E-state index in [2.05, 4.69) is 4.98 Å². The van der Waals surface area contributed by atoms with Crippen molar-refractivity contribution >= 4 is 16.8 Å². The number of likely N-dealkylation sites (tertiary alicyclic amines) is 1. The number of hydrogen-bond donors (Lipinski definition) is 0. The van der Waals surface area contributed by atoms with E-state index in [-0.39, 0.29) is 11.7 Å². The van der Waals surface area contributed by atoms with Gasteiger partial charge in [0.2, 0.25) is 0 Å². The van der Waals surface area contributed by atoms with Crippen LogP contribution in [0.5, 0.6) is 0 Å². The second-order valence-corrected chi connectivity index (χ2v) is 6.37. The molecule has 1 aromatic heterocycles. The molecule has 5 nitrogen and oxygen atoms in total. The van der Waals surface area contributed by atoms with Crippen molar-refractivity contribution in [1.82, 2.24) is 9.88 Å². The normalized spacial score (nSPS) is 20.0. The Morgan fingerprint density at radius 3 is 2.62 bits per heavy atom. The van der Waals surface area contributed by atoms with Crippen LogP contribution in [0.2, 0.25) is 0 Å². The van der Waals surface area contributed by atoms with E-state index in [9.17, 15) is 9.18 Å². The summed E-state index contributed by atoms with van der Waals surface area (Å²) in [6.07, 6.45) is 1.32. The van der Waals surface area contributed by atoms with Crippen LogP contribution in [-0.4, -0.2) is 47.9 Å². The summed E-state index contributed by atoms with van der Waals surface area (Å²) < 4.78 is 25.0. The average Bonchev–Trinajstić information content (AvgIpc) is 3.03. The van der Waals surface area contributed by atoms with Crippen molar-refractivity contribution in [1.29, 1.82) is 0 Å². The summed E-state index contributed by atoms with van der Waals surface area (Å²) >= 11 is 0. The molecule has 2 saturated heterocycles. The van der Waals surface area contributed by atoms with E-state index >= 15 is 0 Å². The first kappa shape index (κ1) is 15.5. The van der Waals surface area contributed by atoms with Crippen LogP contribution in [0, 0.1) is 12.7 Å². The number of rotatable bonds is 1. The number of nitrogens with zero attached hydrogens (tertiary/aromatic N) is 2. The highest BCUT2D eigenvalue weighted by Crippen LogP contribution is 2.32. The molecule has 6 heteroatoms. The summed E-state index contributed by atoms with van der Waals surface area (Å²) in [5.74, 6) is -0.976. The van der Waals surface area contributed by atoms with E-state index in [0.29, 0.717) is 55.6 Å². The molecule has 126 valence electrons. The van der Waals surface area contributed by atoms with E-state index in [0.717, 1.165) is 5.69 Å². The van der Waals surface area contributed by atoms with Crippen LogP contribution in [-0.2, 0) is 9.47 Å². The molecule has 1 spiro atoms. The molecule has 0 atom stereocenters. The molecule has 2 aromatic rings. The second kappa shape index (κ2) is 5.79. The summed E-state index contributed by atoms with van der Waals surface area (Å²) in [6, 6.07) is 6.09. The fourth-order valence-electron chi connectivity index (χ4n) is 3.51. The molecule has 3 heterocycles. The van der Waals surface area contributed by atoms with Crippen molar-refractivity contribution in [2.75, 3.05) is 26.3 Å². The number of aryl methyl sites for hydroxylation is 1. The van der Waals surface area contributed by atoms with Gasteiger partial charge in [-0.3, -0.25) is 9.78 Å². The van der Waals surface area contributed by atoms with Gasteiger partial charge in [0.25, 0.3) is 5.91 Å². The number of halogens is 1. The van der Waals surface area contributed by atoms with Crippen molar-refractivity contribution < 1.29 is 18.7 Å². The van der Waals surface area contributed by atoms with Gasteiger partial charge in [0.15, 0.2) is 5.79 Å². The molecule has 2 aliphatic heterocycles. The summed E-state index contributed by atoms with van der Waals surface area (Å²) in [5.41, 5.74) is 1.88. The second-order valence-electron chi connectivity index (χ2n) is 6.37. The summed E-state index contributed by atoms with van der Waals surface area (Å²) in [7, 11) is 0. The van der Waals surface area contributed by atoms with Gasteiger partial charge < -0.3 is 14.4 Å². The SMILES string of the molecule is Cc1cc(C(=O)N2CCC3(CC2)OCCO3)c2cc(F)ccc2n1. The maximum Gasteiger partial charge on any atom is 0.254 e. The van der Waals surface area contributed by atoms with Crippen molar-refractivity contribution in [2.24, 2.45) is 0 Å². The molecule has 0 saturated carbocycles. The van der Waals surface area contributed by atoms with Gasteiger partial charge in [-0.2, -0.15) is 0 Å². The van der Waals surface area contributed by atoms with Gasteiger partial charge in [-0.25, -0.2) is 4.39 Å². The van der Waals surface area contributed by atoms with Crippen LogP contribution >= 0.6 is 0 Å². The minimum absolute atomic E-state index is 0.0936. The Kier molecular flexibility index (Phi) is 3.73. The van der Waals surface area contributed by atoms with Crippen molar-refractivity contribution in [3.63, 3.8) is 0 Å². The molecule has 4 rings (SSSR count). The highest BCUT2D eigenvalue weighted by molar-refractivity contribution is 6.06. The zero-order chi connectivity index (χ0) is 16.7. The van der Waals surface area contributed by atoms with E-state index in [4.69, 9.17) is 9.47 Å². The number of amides is 1. The lowest BCUT2D eigenvalue weighted by Gasteiger charge is -2.37. The predicted octanol–water partition coefficient (Wildman–Crippen LogP) is 2.66. The van der Waals surface area contributed by atoms with E-state index in [1.807, 2.05) is 6.92 Å². The molecule has 0 radical (unpaired) electrons. The molecular weight excluding hydrogens is 311 g/mol. The third-order valence-electron chi connectivity index (χ3n) is 4.76. The fraction of sp³-hybridized carbons (Fsp3) is 0.444. The maximum absolute atomic E-state index is 13.6. The molecule has 0 N–H and O–H groups in total. The number of carbonyl (C=O) groups excluding carboxylic acids is 1. The predicted molar refractivity (Wildman–Crippen MR) is 86.2 cm³/mol. The monoisotopic (exact) mass is 330 g/mol. The fourth-order valence-corrected chi connectivity index (χ4v) is 3.51. The van der Waals surface area contributed by atoms with Gasteiger partial charge in [0.1, 0.15) is 5.82 Å². The highest BCUT2D eigenvalue weighted by atomic mass is 19.1. The standard InChI is InChI=1S/C18H19FN2O3/c1-12-10-15(14-11-13(19)2-3-16(14)20-12)17(22)21-6-4-18(5-7-21)23-8-9-24-18/h2-3,10-11H,4-9H2,1H3. The van der Waals surface area contributed by atoms with Gasteiger partial charge in [-0.1, -0.05) is 0 Å². The number of fused-ring (bicyclic) bond motifs is 1. The van der Waals surface area contributed by atoms with Gasteiger partial charge in [-0.15, -0.1) is 0 Å². The maximum atomic E-state index is 13.6. The smallest absolute Gasteiger partial charge is 0.254 e. The van der Waals surface area contributed by atoms with Crippen LogP contribution in [0.25, 0.3) is 10.9 Å². The van der Waals surface area contributed by atoms with Gasteiger partial charge in [0.05, 0.1) is 24.3 Å². The first-order valence-corrected chi connectivity index (χ1v) is 8.20. The Labute approximate surface area is 139 Å². The Bertz CT molecular complexity index is 792. The Hall–Kier alpha value is -2.05. The van der Waals surface area contributed by atoms with Crippen LogP contribution < -0.4 is 0 Å². The van der Waals surface area contributed by atoms with Crippen LogP contribution in [0.1, 0.15) is 28.9 Å². The van der Waals surface area contributed by atoms with E-state index < -0.39 is 5.79 Å². The minimum atomic E-state index is -0.515. The zero-order valence-corrected chi connectivity index (χ0v) is 13.5. The molecule has 2 aliphatic rings. The van der Waals surface area contributed by atoms with Crippen LogP contribution in [0.4, 0.5) is 4.39 Å². The first-order valence-electron chi connectivity index (χ1n) is 8.20. The lowest BCUT2D eigenvalue weighted by Crippen LogP contribution is -2.47. The van der Waals surface area contributed by atoms with E-state index in [1.54, 1.807) is 17.0 Å². The summed E-state index contributed by atoms with van der Waals surface area (Å²) in [6.45, 7) is 4.20. The summed E-state index contributed by atoms with van der Waals surface area (Å²) in [4.78, 5) is 19.1. The molecule has 2 fully saturated rings. The Morgan fingerprint density at radius 1 is 1.21 bits per heavy atom. The molecule has 0 aliphatic carbocycles. The van der Waals surface area contributed by atoms with E-state index in [1.165, 1.54) is 12.1 Å². The topological polar surface area (TPSA) is 51.7 Å². The van der Waals surface area contributed by atoms with Crippen molar-refractivity contribution in [3.8, 4) is 0 Å². The number of hydrogen-bond acceptors (Lipinski definition) is 4. The molecule has 1 aromatic carbocycles.